The molecule has 0 spiro atoms. The zero-order chi connectivity index (χ0) is 11.5. The summed E-state index contributed by atoms with van der Waals surface area (Å²) >= 11 is 5.82. The molecule has 6 heteroatoms. The number of likely N-dealkylation sites (N-methyl/N-ethyl adjacent to an activating group) is 1. The lowest BCUT2D eigenvalue weighted by atomic mass is 10.2. The van der Waals surface area contributed by atoms with Crippen LogP contribution in [0.5, 0.6) is 0 Å². The first kappa shape index (κ1) is 11.4. The van der Waals surface area contributed by atoms with Gasteiger partial charge in [-0.15, -0.1) is 0 Å². The number of nitrogen functional groups attached to an aromatic ring is 1. The van der Waals surface area contributed by atoms with Gasteiger partial charge >= 0.3 is 0 Å². The molecule has 1 aromatic rings. The van der Waals surface area contributed by atoms with E-state index < -0.39 is 0 Å². The standard InChI is InChI=1S/C10H15ClN4O/c1-15(6-7-3-2-4-16-7)9-5-8(11)13-10(12)14-9/h5,7H,2-4,6H2,1H3,(H2,12,13,14). The summed E-state index contributed by atoms with van der Waals surface area (Å²) in [5, 5.41) is 0.363. The minimum absolute atomic E-state index is 0.196. The number of aromatic nitrogens is 2. The molecule has 0 bridgehead atoms. The largest absolute Gasteiger partial charge is 0.376 e. The maximum atomic E-state index is 5.82. The fourth-order valence-electron chi connectivity index (χ4n) is 1.81. The highest BCUT2D eigenvalue weighted by atomic mass is 35.5. The van der Waals surface area contributed by atoms with E-state index in [1.54, 1.807) is 6.07 Å². The van der Waals surface area contributed by atoms with E-state index in [2.05, 4.69) is 9.97 Å². The van der Waals surface area contributed by atoms with E-state index in [1.165, 1.54) is 0 Å². The minimum Gasteiger partial charge on any atom is -0.376 e. The molecule has 1 unspecified atom stereocenters. The van der Waals surface area contributed by atoms with Crippen LogP contribution in [0.25, 0.3) is 0 Å². The average molecular weight is 243 g/mol. The Kier molecular flexibility index (Phi) is 3.46. The molecule has 1 saturated heterocycles. The van der Waals surface area contributed by atoms with E-state index in [0.29, 0.717) is 5.15 Å². The molecule has 1 aromatic heterocycles. The Morgan fingerprint density at radius 3 is 3.06 bits per heavy atom. The zero-order valence-corrected chi connectivity index (χ0v) is 9.94. The second-order valence-electron chi connectivity index (χ2n) is 3.92. The van der Waals surface area contributed by atoms with Crippen molar-refractivity contribution in [3.8, 4) is 0 Å². The zero-order valence-electron chi connectivity index (χ0n) is 9.19. The summed E-state index contributed by atoms with van der Waals surface area (Å²) in [4.78, 5) is 9.94. The van der Waals surface area contributed by atoms with E-state index >= 15 is 0 Å². The van der Waals surface area contributed by atoms with Crippen LogP contribution >= 0.6 is 11.6 Å². The number of anilines is 2. The Morgan fingerprint density at radius 1 is 1.62 bits per heavy atom. The van der Waals surface area contributed by atoms with E-state index in [-0.39, 0.29) is 12.1 Å². The topological polar surface area (TPSA) is 64.3 Å². The van der Waals surface area contributed by atoms with Crippen molar-refractivity contribution in [3.05, 3.63) is 11.2 Å². The van der Waals surface area contributed by atoms with Gasteiger partial charge in [0.1, 0.15) is 11.0 Å². The number of nitrogens with zero attached hydrogens (tertiary/aromatic N) is 3. The number of hydrogen-bond donors (Lipinski definition) is 1. The molecule has 0 amide bonds. The lowest BCUT2D eigenvalue weighted by Crippen LogP contribution is -2.29. The molecule has 1 fully saturated rings. The van der Waals surface area contributed by atoms with Gasteiger partial charge < -0.3 is 15.4 Å². The minimum atomic E-state index is 0.196. The molecule has 0 aromatic carbocycles. The Labute approximate surface area is 99.6 Å². The molecule has 1 aliphatic rings. The van der Waals surface area contributed by atoms with Crippen LogP contribution in [0, 0.1) is 0 Å². The SMILES string of the molecule is CN(CC1CCCO1)c1cc(Cl)nc(N)n1. The number of halogens is 1. The van der Waals surface area contributed by atoms with Crippen molar-refractivity contribution < 1.29 is 4.74 Å². The third kappa shape index (κ3) is 2.74. The van der Waals surface area contributed by atoms with Crippen LogP contribution in [0.3, 0.4) is 0 Å². The lowest BCUT2D eigenvalue weighted by Gasteiger charge is -2.21. The van der Waals surface area contributed by atoms with Crippen LogP contribution in [0.4, 0.5) is 11.8 Å². The van der Waals surface area contributed by atoms with Crippen LogP contribution in [0.1, 0.15) is 12.8 Å². The van der Waals surface area contributed by atoms with E-state index in [4.69, 9.17) is 22.1 Å². The second-order valence-corrected chi connectivity index (χ2v) is 4.31. The maximum Gasteiger partial charge on any atom is 0.223 e. The molecule has 16 heavy (non-hydrogen) atoms. The number of ether oxygens (including phenoxy) is 1. The predicted molar refractivity (Wildman–Crippen MR) is 63.7 cm³/mol. The predicted octanol–water partition coefficient (Wildman–Crippen LogP) is 1.33. The first-order valence-corrected chi connectivity index (χ1v) is 5.66. The highest BCUT2D eigenvalue weighted by Gasteiger charge is 2.18. The molecule has 1 atom stereocenters. The van der Waals surface area contributed by atoms with Gasteiger partial charge in [0.2, 0.25) is 5.95 Å². The van der Waals surface area contributed by atoms with Gasteiger partial charge in [-0.1, -0.05) is 11.6 Å². The quantitative estimate of drug-likeness (QED) is 0.810. The van der Waals surface area contributed by atoms with Crippen molar-refractivity contribution >= 4 is 23.4 Å². The van der Waals surface area contributed by atoms with Crippen molar-refractivity contribution in [3.63, 3.8) is 0 Å². The number of hydrogen-bond acceptors (Lipinski definition) is 5. The smallest absolute Gasteiger partial charge is 0.223 e. The van der Waals surface area contributed by atoms with Crippen molar-refractivity contribution in [2.45, 2.75) is 18.9 Å². The summed E-state index contributed by atoms with van der Waals surface area (Å²) in [6.07, 6.45) is 2.50. The summed E-state index contributed by atoms with van der Waals surface area (Å²) in [5.74, 6) is 0.926. The van der Waals surface area contributed by atoms with Crippen LogP contribution in [0.15, 0.2) is 6.07 Å². The van der Waals surface area contributed by atoms with Gasteiger partial charge in [-0.3, -0.25) is 0 Å². The molecule has 0 radical (unpaired) electrons. The monoisotopic (exact) mass is 242 g/mol. The molecule has 2 heterocycles. The van der Waals surface area contributed by atoms with Crippen molar-refractivity contribution in [1.29, 1.82) is 0 Å². The molecular formula is C10H15ClN4O. The third-order valence-corrected chi connectivity index (χ3v) is 2.78. The molecule has 88 valence electrons. The fraction of sp³-hybridized carbons (Fsp3) is 0.600. The fourth-order valence-corrected chi connectivity index (χ4v) is 1.99. The molecule has 0 saturated carbocycles. The van der Waals surface area contributed by atoms with Crippen molar-refractivity contribution in [2.24, 2.45) is 0 Å². The molecular weight excluding hydrogens is 228 g/mol. The number of nitrogens with two attached hydrogens (primary N) is 1. The van der Waals surface area contributed by atoms with Gasteiger partial charge in [0.25, 0.3) is 0 Å². The Hall–Kier alpha value is -1.07. The van der Waals surface area contributed by atoms with Crippen LogP contribution in [-0.4, -0.2) is 36.3 Å². The maximum absolute atomic E-state index is 5.82. The van der Waals surface area contributed by atoms with Crippen LogP contribution < -0.4 is 10.6 Å². The van der Waals surface area contributed by atoms with E-state index in [9.17, 15) is 0 Å². The molecule has 5 nitrogen and oxygen atoms in total. The average Bonchev–Trinajstić information content (AvgIpc) is 2.68. The van der Waals surface area contributed by atoms with E-state index in [0.717, 1.165) is 31.8 Å². The molecule has 1 aliphatic heterocycles. The molecule has 2 N–H and O–H groups in total. The van der Waals surface area contributed by atoms with Crippen LogP contribution in [-0.2, 0) is 4.74 Å². The van der Waals surface area contributed by atoms with Gasteiger partial charge in [0.05, 0.1) is 6.10 Å². The summed E-state index contributed by atoms with van der Waals surface area (Å²) in [6, 6.07) is 1.70. The Bertz CT molecular complexity index is 348. The normalized spacial score (nSPS) is 20.0. The summed E-state index contributed by atoms with van der Waals surface area (Å²) < 4.78 is 5.56. The van der Waals surface area contributed by atoms with Crippen LogP contribution in [0.2, 0.25) is 5.15 Å². The molecule has 2 rings (SSSR count). The lowest BCUT2D eigenvalue weighted by molar-refractivity contribution is 0.116. The highest BCUT2D eigenvalue weighted by molar-refractivity contribution is 6.29. The summed E-state index contributed by atoms with van der Waals surface area (Å²) in [5.41, 5.74) is 5.54. The van der Waals surface area contributed by atoms with Gasteiger partial charge in [0, 0.05) is 26.3 Å². The Morgan fingerprint density at radius 2 is 2.44 bits per heavy atom. The molecule has 0 aliphatic carbocycles. The highest BCUT2D eigenvalue weighted by Crippen LogP contribution is 2.19. The summed E-state index contributed by atoms with van der Waals surface area (Å²) in [7, 11) is 1.94. The van der Waals surface area contributed by atoms with Gasteiger partial charge in [-0.25, -0.2) is 4.98 Å². The Balaban J connectivity index is 2.04. The number of rotatable bonds is 3. The first-order valence-electron chi connectivity index (χ1n) is 5.28. The van der Waals surface area contributed by atoms with Crippen molar-refractivity contribution in [2.75, 3.05) is 30.8 Å². The first-order chi connectivity index (χ1) is 7.65. The van der Waals surface area contributed by atoms with Gasteiger partial charge in [-0.05, 0) is 12.8 Å². The third-order valence-electron chi connectivity index (χ3n) is 2.59. The van der Waals surface area contributed by atoms with Gasteiger partial charge in [-0.2, -0.15) is 4.98 Å². The summed E-state index contributed by atoms with van der Waals surface area (Å²) in [6.45, 7) is 1.65. The van der Waals surface area contributed by atoms with Crippen molar-refractivity contribution in [1.82, 2.24) is 9.97 Å². The van der Waals surface area contributed by atoms with E-state index in [1.807, 2.05) is 11.9 Å². The van der Waals surface area contributed by atoms with Gasteiger partial charge in [0.15, 0.2) is 0 Å². The second kappa shape index (κ2) is 4.84.